The molecule has 1 heterocycles. The van der Waals surface area contributed by atoms with Crippen LogP contribution in [0.3, 0.4) is 0 Å². The van der Waals surface area contributed by atoms with Gasteiger partial charge in [0.15, 0.2) is 0 Å². The summed E-state index contributed by atoms with van der Waals surface area (Å²) in [6, 6.07) is 17.7. The highest BCUT2D eigenvalue weighted by Gasteiger charge is 2.29. The number of methoxy groups -OCH3 is 1. The molecule has 1 aliphatic heterocycles. The smallest absolute Gasteiger partial charge is 0.337 e. The number of esters is 1. The van der Waals surface area contributed by atoms with E-state index in [1.54, 1.807) is 12.1 Å². The molecule has 1 fully saturated rings. The molecule has 0 saturated carbocycles. The molecular weight excluding hydrogens is 414 g/mol. The molecule has 1 saturated heterocycles. The van der Waals surface area contributed by atoms with Crippen LogP contribution in [-0.4, -0.2) is 47.7 Å². The summed E-state index contributed by atoms with van der Waals surface area (Å²) in [6.07, 6.45) is 8.42. The van der Waals surface area contributed by atoms with Crippen molar-refractivity contribution < 1.29 is 19.4 Å². The molecule has 1 N–H and O–H groups in total. The Hall–Kier alpha value is -2.92. The van der Waals surface area contributed by atoms with Crippen molar-refractivity contribution in [1.29, 1.82) is 0 Å². The number of aliphatic hydroxyl groups is 1. The summed E-state index contributed by atoms with van der Waals surface area (Å²) in [5, 5.41) is 10.6. The fraction of sp³-hybridized carbons (Fsp3) is 0.429. The fourth-order valence-electron chi connectivity index (χ4n) is 4.30. The number of hydrogen-bond donors (Lipinski definition) is 1. The number of likely N-dealkylation sites (tertiary alicyclic amines) is 1. The summed E-state index contributed by atoms with van der Waals surface area (Å²) < 4.78 is 4.73. The van der Waals surface area contributed by atoms with E-state index in [1.165, 1.54) is 12.7 Å². The van der Waals surface area contributed by atoms with Crippen molar-refractivity contribution in [3.63, 3.8) is 0 Å². The lowest BCUT2D eigenvalue weighted by molar-refractivity contribution is -0.128. The van der Waals surface area contributed by atoms with Crippen molar-refractivity contribution in [2.75, 3.05) is 13.7 Å². The Bertz CT molecular complexity index is 923. The number of amides is 1. The number of aliphatic hydroxyl groups excluding tert-OH is 1. The molecule has 5 heteroatoms. The number of benzene rings is 2. The van der Waals surface area contributed by atoms with Gasteiger partial charge in [0.05, 0.1) is 24.8 Å². The third-order valence-corrected chi connectivity index (χ3v) is 6.47. The lowest BCUT2D eigenvalue weighted by atomic mass is 9.95. The highest BCUT2D eigenvalue weighted by atomic mass is 16.5. The minimum absolute atomic E-state index is 0.0259. The first-order chi connectivity index (χ1) is 16.0. The van der Waals surface area contributed by atoms with Crippen LogP contribution in [-0.2, 0) is 22.4 Å². The fourth-order valence-corrected chi connectivity index (χ4v) is 4.30. The maximum Gasteiger partial charge on any atom is 0.337 e. The van der Waals surface area contributed by atoms with E-state index in [1.807, 2.05) is 35.3 Å². The zero-order valence-electron chi connectivity index (χ0n) is 19.7. The maximum absolute atomic E-state index is 12.4. The van der Waals surface area contributed by atoms with Crippen molar-refractivity contribution in [3.8, 4) is 0 Å². The molecular formula is C28H35NO4. The molecule has 0 unspecified atom stereocenters. The number of carbonyl (C=O) groups is 2. The molecule has 33 heavy (non-hydrogen) atoms. The van der Waals surface area contributed by atoms with Gasteiger partial charge in [-0.25, -0.2) is 4.79 Å². The van der Waals surface area contributed by atoms with Crippen LogP contribution in [0.1, 0.15) is 54.1 Å². The Labute approximate surface area is 197 Å². The van der Waals surface area contributed by atoms with E-state index in [2.05, 4.69) is 31.2 Å². The van der Waals surface area contributed by atoms with Crippen LogP contribution in [0, 0.1) is 5.92 Å². The normalized spacial score (nSPS) is 18.0. The minimum Gasteiger partial charge on any atom is -0.465 e. The van der Waals surface area contributed by atoms with Gasteiger partial charge in [-0.15, -0.1) is 0 Å². The van der Waals surface area contributed by atoms with E-state index < -0.39 is 6.10 Å². The number of ether oxygens (including phenoxy) is 1. The maximum atomic E-state index is 12.4. The summed E-state index contributed by atoms with van der Waals surface area (Å²) in [7, 11) is 1.37. The number of aryl methyl sites for hydroxylation is 1. The molecule has 0 spiro atoms. The third kappa shape index (κ3) is 7.29. The molecule has 0 aromatic heterocycles. The molecule has 0 aliphatic carbocycles. The van der Waals surface area contributed by atoms with E-state index in [0.717, 1.165) is 37.7 Å². The van der Waals surface area contributed by atoms with E-state index in [-0.39, 0.29) is 23.8 Å². The molecule has 176 valence electrons. The third-order valence-electron chi connectivity index (χ3n) is 6.47. The molecule has 3 atom stereocenters. The van der Waals surface area contributed by atoms with Crippen molar-refractivity contribution in [1.82, 2.24) is 4.90 Å². The predicted octanol–water partition coefficient (Wildman–Crippen LogP) is 4.58. The molecule has 0 radical (unpaired) electrons. The Morgan fingerprint density at radius 3 is 2.52 bits per heavy atom. The van der Waals surface area contributed by atoms with Gasteiger partial charge in [0.25, 0.3) is 0 Å². The lowest BCUT2D eigenvalue weighted by Gasteiger charge is -2.23. The van der Waals surface area contributed by atoms with E-state index in [9.17, 15) is 14.7 Å². The van der Waals surface area contributed by atoms with Gasteiger partial charge in [-0.2, -0.15) is 0 Å². The predicted molar refractivity (Wildman–Crippen MR) is 130 cm³/mol. The van der Waals surface area contributed by atoms with Crippen LogP contribution in [0.25, 0.3) is 0 Å². The van der Waals surface area contributed by atoms with Crippen LogP contribution in [0.15, 0.2) is 66.7 Å². The highest BCUT2D eigenvalue weighted by Crippen LogP contribution is 2.22. The van der Waals surface area contributed by atoms with Gasteiger partial charge in [0.2, 0.25) is 5.91 Å². The first-order valence-electron chi connectivity index (χ1n) is 11.8. The summed E-state index contributed by atoms with van der Waals surface area (Å²) in [6.45, 7) is 2.70. The standard InChI is InChI=1S/C28H35NO4/c1-21(7-6-10-22-8-4-3-5-9-22)26(30)17-15-25-16-18-27(31)29(25)20-19-23-11-13-24(14-12-23)28(32)33-2/h3-5,8-9,11-15,17,21,25-26,30H,6-7,10,16,18-20H2,1-2H3/t21-,25-,26+/m0/s1. The number of rotatable bonds is 11. The quantitative estimate of drug-likeness (QED) is 0.403. The lowest BCUT2D eigenvalue weighted by Crippen LogP contribution is -2.34. The SMILES string of the molecule is COC(=O)c1ccc(CCN2C(=O)CC[C@@H]2C=C[C@@H](O)[C@@H](C)CCCc2ccccc2)cc1. The topological polar surface area (TPSA) is 66.8 Å². The largest absolute Gasteiger partial charge is 0.465 e. The van der Waals surface area contributed by atoms with Crippen LogP contribution >= 0.6 is 0 Å². The molecule has 5 nitrogen and oxygen atoms in total. The first kappa shape index (κ1) is 24.7. The average molecular weight is 450 g/mol. The van der Waals surface area contributed by atoms with Crippen molar-refractivity contribution in [2.24, 2.45) is 5.92 Å². The van der Waals surface area contributed by atoms with Gasteiger partial charge in [0.1, 0.15) is 0 Å². The van der Waals surface area contributed by atoms with Gasteiger partial charge in [-0.3, -0.25) is 4.79 Å². The van der Waals surface area contributed by atoms with Crippen molar-refractivity contribution >= 4 is 11.9 Å². The summed E-state index contributed by atoms with van der Waals surface area (Å²) in [5.74, 6) is -0.0283. The molecule has 2 aromatic rings. The second-order valence-corrected chi connectivity index (χ2v) is 8.86. The van der Waals surface area contributed by atoms with Crippen LogP contribution in [0.2, 0.25) is 0 Å². The van der Waals surface area contributed by atoms with E-state index >= 15 is 0 Å². The monoisotopic (exact) mass is 449 g/mol. The Morgan fingerprint density at radius 1 is 1.12 bits per heavy atom. The Balaban J connectivity index is 1.47. The molecule has 1 aliphatic rings. The first-order valence-corrected chi connectivity index (χ1v) is 11.8. The number of nitrogens with zero attached hydrogens (tertiary/aromatic N) is 1. The Morgan fingerprint density at radius 2 is 1.82 bits per heavy atom. The van der Waals surface area contributed by atoms with E-state index in [4.69, 9.17) is 4.74 Å². The molecule has 1 amide bonds. The van der Waals surface area contributed by atoms with Crippen LogP contribution in [0.5, 0.6) is 0 Å². The number of carbonyl (C=O) groups excluding carboxylic acids is 2. The second-order valence-electron chi connectivity index (χ2n) is 8.86. The van der Waals surface area contributed by atoms with Gasteiger partial charge in [-0.1, -0.05) is 61.5 Å². The summed E-state index contributed by atoms with van der Waals surface area (Å²) >= 11 is 0. The summed E-state index contributed by atoms with van der Waals surface area (Å²) in [4.78, 5) is 25.9. The summed E-state index contributed by atoms with van der Waals surface area (Å²) in [5.41, 5.74) is 2.91. The van der Waals surface area contributed by atoms with Gasteiger partial charge < -0.3 is 14.7 Å². The zero-order chi connectivity index (χ0) is 23.6. The van der Waals surface area contributed by atoms with E-state index in [0.29, 0.717) is 18.5 Å². The molecule has 3 rings (SSSR count). The molecule has 0 bridgehead atoms. The minimum atomic E-state index is -0.510. The second kappa shape index (κ2) is 12.4. The Kier molecular flexibility index (Phi) is 9.25. The highest BCUT2D eigenvalue weighted by molar-refractivity contribution is 5.89. The molecule has 2 aromatic carbocycles. The van der Waals surface area contributed by atoms with Crippen LogP contribution in [0.4, 0.5) is 0 Å². The van der Waals surface area contributed by atoms with Crippen molar-refractivity contribution in [2.45, 2.75) is 57.6 Å². The average Bonchev–Trinajstić information content (AvgIpc) is 3.20. The zero-order valence-corrected chi connectivity index (χ0v) is 19.7. The van der Waals surface area contributed by atoms with Crippen LogP contribution < -0.4 is 0 Å². The number of hydrogen-bond acceptors (Lipinski definition) is 4. The van der Waals surface area contributed by atoms with Gasteiger partial charge >= 0.3 is 5.97 Å². The van der Waals surface area contributed by atoms with Gasteiger partial charge in [0, 0.05) is 13.0 Å². The van der Waals surface area contributed by atoms with Crippen molar-refractivity contribution in [3.05, 3.63) is 83.4 Å². The van der Waals surface area contributed by atoms with Gasteiger partial charge in [-0.05, 0) is 61.3 Å².